The van der Waals surface area contributed by atoms with Gasteiger partial charge in [0.25, 0.3) is 0 Å². The maximum Gasteiger partial charge on any atom is 0.230 e. The number of hydrogen-bond donors (Lipinski definition) is 1. The van der Waals surface area contributed by atoms with E-state index in [4.69, 9.17) is 5.73 Å². The average molecular weight is 294 g/mol. The normalized spacial score (nSPS) is 19.6. The van der Waals surface area contributed by atoms with Crippen LogP contribution in [0.25, 0.3) is 0 Å². The van der Waals surface area contributed by atoms with E-state index in [1.807, 2.05) is 11.9 Å². The van der Waals surface area contributed by atoms with Crippen molar-refractivity contribution in [2.75, 3.05) is 13.6 Å². The molecule has 0 aromatic carbocycles. The van der Waals surface area contributed by atoms with Crippen LogP contribution >= 0.6 is 11.3 Å². The highest BCUT2D eigenvalue weighted by Gasteiger charge is 2.40. The molecule has 1 aromatic rings. The molecule has 0 radical (unpaired) electrons. The molecule has 1 aliphatic carbocycles. The number of carbonyl (C=O) groups excluding carboxylic acids is 1. The maximum absolute atomic E-state index is 12.9. The van der Waals surface area contributed by atoms with Crippen LogP contribution in [0.2, 0.25) is 0 Å². The average Bonchev–Trinajstić information content (AvgIpc) is 2.99. The smallest absolute Gasteiger partial charge is 0.230 e. The lowest BCUT2D eigenvalue weighted by Gasteiger charge is -2.39. The minimum Gasteiger partial charge on any atom is -0.342 e. The van der Waals surface area contributed by atoms with E-state index in [0.29, 0.717) is 6.54 Å². The van der Waals surface area contributed by atoms with Gasteiger partial charge in [-0.05, 0) is 31.2 Å². The number of hydrogen-bond acceptors (Lipinski definition) is 3. The minimum absolute atomic E-state index is 0.228. The van der Waals surface area contributed by atoms with Crippen molar-refractivity contribution in [1.29, 1.82) is 0 Å². The Morgan fingerprint density at radius 1 is 1.45 bits per heavy atom. The van der Waals surface area contributed by atoms with Gasteiger partial charge in [0.1, 0.15) is 0 Å². The fourth-order valence-corrected chi connectivity index (χ4v) is 3.99. The summed E-state index contributed by atoms with van der Waals surface area (Å²) in [5.41, 5.74) is 5.67. The molecule has 0 saturated heterocycles. The van der Waals surface area contributed by atoms with Gasteiger partial charge in [-0.15, -0.1) is 11.3 Å². The summed E-state index contributed by atoms with van der Waals surface area (Å²) in [5, 5.41) is 2.09. The van der Waals surface area contributed by atoms with Crippen LogP contribution in [0.1, 0.15) is 43.9 Å². The van der Waals surface area contributed by atoms with Crippen molar-refractivity contribution in [1.82, 2.24) is 4.90 Å². The van der Waals surface area contributed by atoms with Crippen LogP contribution in [0.3, 0.4) is 0 Å². The van der Waals surface area contributed by atoms with E-state index in [1.54, 1.807) is 11.3 Å². The highest BCUT2D eigenvalue weighted by atomic mass is 32.1. The van der Waals surface area contributed by atoms with Gasteiger partial charge in [0.15, 0.2) is 0 Å². The van der Waals surface area contributed by atoms with E-state index >= 15 is 0 Å². The second kappa shape index (κ2) is 6.72. The molecule has 1 saturated carbocycles. The minimum atomic E-state index is -0.295. The lowest BCUT2D eigenvalue weighted by molar-refractivity contribution is -0.144. The molecule has 1 atom stereocenters. The maximum atomic E-state index is 12.9. The monoisotopic (exact) mass is 294 g/mol. The molecule has 0 spiro atoms. The first-order chi connectivity index (χ1) is 9.59. The van der Waals surface area contributed by atoms with E-state index in [9.17, 15) is 4.79 Å². The summed E-state index contributed by atoms with van der Waals surface area (Å²) in [6.07, 6.45) is 6.35. The zero-order chi connectivity index (χ0) is 14.6. The third kappa shape index (κ3) is 3.23. The van der Waals surface area contributed by atoms with Crippen LogP contribution in [-0.2, 0) is 11.2 Å². The number of amides is 1. The van der Waals surface area contributed by atoms with Crippen LogP contribution in [0, 0.1) is 5.41 Å². The second-order valence-electron chi connectivity index (χ2n) is 6.09. The van der Waals surface area contributed by atoms with Gasteiger partial charge in [0, 0.05) is 30.9 Å². The van der Waals surface area contributed by atoms with Gasteiger partial charge in [-0.1, -0.05) is 25.3 Å². The van der Waals surface area contributed by atoms with Crippen LogP contribution in [0.15, 0.2) is 17.5 Å². The molecule has 112 valence electrons. The molecule has 1 fully saturated rings. The summed E-state index contributed by atoms with van der Waals surface area (Å²) >= 11 is 1.76. The van der Waals surface area contributed by atoms with Crippen LogP contribution in [0.5, 0.6) is 0 Å². The van der Waals surface area contributed by atoms with Crippen molar-refractivity contribution < 1.29 is 4.79 Å². The standard InChI is InChI=1S/C16H26N2OS/c1-13(11-14-7-6-10-20-14)18(2)15(19)16(12-17)8-4-3-5-9-16/h6-7,10,13H,3-5,8-9,11-12,17H2,1-2H3. The summed E-state index contributed by atoms with van der Waals surface area (Å²) in [7, 11) is 1.94. The van der Waals surface area contributed by atoms with E-state index in [-0.39, 0.29) is 17.4 Å². The molecule has 1 unspecified atom stereocenters. The Morgan fingerprint density at radius 2 is 2.15 bits per heavy atom. The predicted octanol–water partition coefficient (Wildman–Crippen LogP) is 3.05. The van der Waals surface area contributed by atoms with E-state index in [1.165, 1.54) is 11.3 Å². The Kier molecular flexibility index (Phi) is 5.22. The van der Waals surface area contributed by atoms with E-state index in [2.05, 4.69) is 24.4 Å². The van der Waals surface area contributed by atoms with E-state index < -0.39 is 0 Å². The lowest BCUT2D eigenvalue weighted by Crippen LogP contribution is -2.50. The van der Waals surface area contributed by atoms with Crippen molar-refractivity contribution in [3.05, 3.63) is 22.4 Å². The highest BCUT2D eigenvalue weighted by Crippen LogP contribution is 2.37. The molecule has 2 N–H and O–H groups in total. The molecule has 4 heteroatoms. The van der Waals surface area contributed by atoms with Gasteiger partial charge in [0.2, 0.25) is 5.91 Å². The first kappa shape index (κ1) is 15.5. The van der Waals surface area contributed by atoms with Crippen LogP contribution in [-0.4, -0.2) is 30.4 Å². The number of rotatable bonds is 5. The molecule has 2 rings (SSSR count). The number of carbonyl (C=O) groups is 1. The van der Waals surface area contributed by atoms with Crippen molar-refractivity contribution >= 4 is 17.2 Å². The SMILES string of the molecule is CC(Cc1cccs1)N(C)C(=O)C1(CN)CCCCC1. The summed E-state index contributed by atoms with van der Waals surface area (Å²) in [5.74, 6) is 0.253. The Bertz CT molecular complexity index is 424. The summed E-state index contributed by atoms with van der Waals surface area (Å²) in [4.78, 5) is 16.1. The Morgan fingerprint density at radius 3 is 2.70 bits per heavy atom. The molecule has 1 aliphatic rings. The molecule has 1 amide bonds. The molecule has 20 heavy (non-hydrogen) atoms. The largest absolute Gasteiger partial charge is 0.342 e. The molecule has 1 aromatic heterocycles. The van der Waals surface area contributed by atoms with Crippen molar-refractivity contribution in [2.24, 2.45) is 11.1 Å². The number of thiophene rings is 1. The Labute approximate surface area is 126 Å². The summed E-state index contributed by atoms with van der Waals surface area (Å²) < 4.78 is 0. The first-order valence-corrected chi connectivity index (χ1v) is 8.47. The number of nitrogens with two attached hydrogens (primary N) is 1. The Hall–Kier alpha value is -0.870. The summed E-state index contributed by atoms with van der Waals surface area (Å²) in [6, 6.07) is 4.43. The molecule has 0 aliphatic heterocycles. The number of likely N-dealkylation sites (N-methyl/N-ethyl adjacent to an activating group) is 1. The van der Waals surface area contributed by atoms with Gasteiger partial charge < -0.3 is 10.6 Å². The summed E-state index contributed by atoms with van der Waals surface area (Å²) in [6.45, 7) is 2.62. The van der Waals surface area contributed by atoms with Crippen LogP contribution < -0.4 is 5.73 Å². The lowest BCUT2D eigenvalue weighted by atomic mass is 9.73. The van der Waals surface area contributed by atoms with Gasteiger partial charge in [-0.25, -0.2) is 0 Å². The molecule has 0 bridgehead atoms. The zero-order valence-electron chi connectivity index (χ0n) is 12.6. The van der Waals surface area contributed by atoms with Gasteiger partial charge >= 0.3 is 0 Å². The number of nitrogens with zero attached hydrogens (tertiary/aromatic N) is 1. The molecular formula is C16H26N2OS. The van der Waals surface area contributed by atoms with Crippen LogP contribution in [0.4, 0.5) is 0 Å². The van der Waals surface area contributed by atoms with Crippen molar-refractivity contribution in [3.63, 3.8) is 0 Å². The molecule has 3 nitrogen and oxygen atoms in total. The fourth-order valence-electron chi connectivity index (χ4n) is 3.16. The zero-order valence-corrected chi connectivity index (χ0v) is 13.4. The molecular weight excluding hydrogens is 268 g/mol. The van der Waals surface area contributed by atoms with Crippen molar-refractivity contribution in [3.8, 4) is 0 Å². The highest BCUT2D eigenvalue weighted by molar-refractivity contribution is 7.09. The molecule has 1 heterocycles. The first-order valence-electron chi connectivity index (χ1n) is 7.59. The van der Waals surface area contributed by atoms with Gasteiger partial charge in [-0.3, -0.25) is 4.79 Å². The third-order valence-corrected chi connectivity index (χ3v) is 5.61. The van der Waals surface area contributed by atoms with Crippen molar-refractivity contribution in [2.45, 2.75) is 51.5 Å². The van der Waals surface area contributed by atoms with E-state index in [0.717, 1.165) is 32.1 Å². The van der Waals surface area contributed by atoms with Gasteiger partial charge in [-0.2, -0.15) is 0 Å². The predicted molar refractivity (Wildman–Crippen MR) is 84.8 cm³/mol. The van der Waals surface area contributed by atoms with Gasteiger partial charge in [0.05, 0.1) is 5.41 Å². The topological polar surface area (TPSA) is 46.3 Å². The second-order valence-corrected chi connectivity index (χ2v) is 7.13. The Balaban J connectivity index is 2.02. The third-order valence-electron chi connectivity index (χ3n) is 4.71. The quantitative estimate of drug-likeness (QED) is 0.907. The fraction of sp³-hybridized carbons (Fsp3) is 0.688.